The summed E-state index contributed by atoms with van der Waals surface area (Å²) in [6.07, 6.45) is -0.220. The minimum absolute atomic E-state index is 0.00885. The Morgan fingerprint density at radius 3 is 2.26 bits per heavy atom. The summed E-state index contributed by atoms with van der Waals surface area (Å²) in [7, 11) is 0. The van der Waals surface area contributed by atoms with Crippen LogP contribution in [0.5, 0.6) is 0 Å². The molecular weight excluding hydrogens is 416 g/mol. The molecule has 1 unspecified atom stereocenters. The summed E-state index contributed by atoms with van der Waals surface area (Å²) in [5.74, 6) is -0.769. The number of ether oxygens (including phenoxy) is 1. The molecule has 0 heterocycles. The Morgan fingerprint density at radius 1 is 1.06 bits per heavy atom. The van der Waals surface area contributed by atoms with Crippen LogP contribution in [0, 0.1) is 0 Å². The standard InChI is InChI=1S/C23H26N2O5S/c1-2-20(22(28)24-11-12-31-14-21(26)27)25-23(29)30-13-19-17-9-5-3-7-15(17)16-8-4-6-10-18(16)19/h3-10,19-20H,2,11-14H2,1H3,(H,24,28)(H,25,29)(H,26,27). The van der Waals surface area contributed by atoms with Crippen LogP contribution in [-0.2, 0) is 14.3 Å². The predicted octanol–water partition coefficient (Wildman–Crippen LogP) is 3.24. The lowest BCUT2D eigenvalue weighted by atomic mass is 9.98. The van der Waals surface area contributed by atoms with Gasteiger partial charge in [0.25, 0.3) is 0 Å². The number of carbonyl (C=O) groups excluding carboxylic acids is 2. The Labute approximate surface area is 185 Å². The van der Waals surface area contributed by atoms with Crippen LogP contribution in [-0.4, -0.2) is 53.8 Å². The third kappa shape index (κ3) is 5.79. The summed E-state index contributed by atoms with van der Waals surface area (Å²) in [5, 5.41) is 14.0. The summed E-state index contributed by atoms with van der Waals surface area (Å²) in [6, 6.07) is 15.5. The van der Waals surface area contributed by atoms with Crippen molar-refractivity contribution in [3.63, 3.8) is 0 Å². The number of nitrogens with one attached hydrogen (secondary N) is 2. The molecule has 1 atom stereocenters. The highest BCUT2D eigenvalue weighted by molar-refractivity contribution is 7.99. The van der Waals surface area contributed by atoms with Gasteiger partial charge in [-0.1, -0.05) is 55.5 Å². The monoisotopic (exact) mass is 442 g/mol. The van der Waals surface area contributed by atoms with Crippen LogP contribution >= 0.6 is 11.8 Å². The Balaban J connectivity index is 1.51. The Kier molecular flexibility index (Phi) is 7.94. The van der Waals surface area contributed by atoms with Crippen molar-refractivity contribution in [3.05, 3.63) is 59.7 Å². The molecule has 0 spiro atoms. The molecule has 0 bridgehead atoms. The van der Waals surface area contributed by atoms with Gasteiger partial charge in [0.05, 0.1) is 5.75 Å². The predicted molar refractivity (Wildman–Crippen MR) is 120 cm³/mol. The van der Waals surface area contributed by atoms with Gasteiger partial charge in [0.2, 0.25) is 5.91 Å². The highest BCUT2D eigenvalue weighted by Crippen LogP contribution is 2.44. The summed E-state index contributed by atoms with van der Waals surface area (Å²) >= 11 is 1.22. The molecule has 1 aliphatic rings. The number of carboxylic acids is 1. The normalized spacial score (nSPS) is 13.1. The van der Waals surface area contributed by atoms with E-state index in [9.17, 15) is 14.4 Å². The number of alkyl carbamates (subject to hydrolysis) is 1. The zero-order valence-corrected chi connectivity index (χ0v) is 18.1. The van der Waals surface area contributed by atoms with E-state index in [1.807, 2.05) is 36.4 Å². The van der Waals surface area contributed by atoms with Gasteiger partial charge < -0.3 is 20.5 Å². The minimum atomic E-state index is -0.889. The fraction of sp³-hybridized carbons (Fsp3) is 0.348. The highest BCUT2D eigenvalue weighted by Gasteiger charge is 2.29. The van der Waals surface area contributed by atoms with E-state index in [4.69, 9.17) is 9.84 Å². The molecule has 8 heteroatoms. The molecular formula is C23H26N2O5S. The zero-order chi connectivity index (χ0) is 22.2. The lowest BCUT2D eigenvalue weighted by Gasteiger charge is -2.18. The topological polar surface area (TPSA) is 105 Å². The number of thioether (sulfide) groups is 1. The SMILES string of the molecule is CCC(NC(=O)OCC1c2ccccc2-c2ccccc21)C(=O)NCCSCC(=O)O. The van der Waals surface area contributed by atoms with Gasteiger partial charge in [-0.2, -0.15) is 0 Å². The van der Waals surface area contributed by atoms with Crippen molar-refractivity contribution in [1.82, 2.24) is 10.6 Å². The van der Waals surface area contributed by atoms with E-state index in [2.05, 4.69) is 22.8 Å². The van der Waals surface area contributed by atoms with Crippen molar-refractivity contribution in [2.45, 2.75) is 25.3 Å². The Bertz CT molecular complexity index is 904. The first-order chi connectivity index (χ1) is 15.0. The summed E-state index contributed by atoms with van der Waals surface area (Å²) in [4.78, 5) is 35.1. The number of amides is 2. The quantitative estimate of drug-likeness (QED) is 0.488. The largest absolute Gasteiger partial charge is 0.481 e. The van der Waals surface area contributed by atoms with Crippen LogP contribution in [0.2, 0.25) is 0 Å². The number of fused-ring (bicyclic) bond motifs is 3. The van der Waals surface area contributed by atoms with Crippen molar-refractivity contribution in [3.8, 4) is 11.1 Å². The maximum atomic E-state index is 12.4. The zero-order valence-electron chi connectivity index (χ0n) is 17.3. The molecule has 0 fully saturated rings. The number of carbonyl (C=O) groups is 3. The molecule has 7 nitrogen and oxygen atoms in total. The number of rotatable bonds is 10. The van der Waals surface area contributed by atoms with Crippen LogP contribution in [0.25, 0.3) is 11.1 Å². The summed E-state index contributed by atoms with van der Waals surface area (Å²) in [6.45, 7) is 2.32. The molecule has 0 saturated heterocycles. The fourth-order valence-electron chi connectivity index (χ4n) is 3.66. The molecule has 2 aromatic carbocycles. The second kappa shape index (κ2) is 10.9. The van der Waals surface area contributed by atoms with E-state index >= 15 is 0 Å². The first-order valence-electron chi connectivity index (χ1n) is 10.2. The van der Waals surface area contributed by atoms with Crippen LogP contribution in [0.15, 0.2) is 48.5 Å². The molecule has 0 saturated carbocycles. The average molecular weight is 443 g/mol. The van der Waals surface area contributed by atoms with Crippen molar-refractivity contribution in [1.29, 1.82) is 0 Å². The van der Waals surface area contributed by atoms with Gasteiger partial charge in [0, 0.05) is 18.2 Å². The van der Waals surface area contributed by atoms with Crippen LogP contribution in [0.1, 0.15) is 30.4 Å². The lowest BCUT2D eigenvalue weighted by molar-refractivity contribution is -0.133. The Morgan fingerprint density at radius 2 is 1.68 bits per heavy atom. The molecule has 2 amide bonds. The van der Waals surface area contributed by atoms with E-state index in [-0.39, 0.29) is 24.2 Å². The number of benzene rings is 2. The van der Waals surface area contributed by atoms with E-state index in [1.165, 1.54) is 11.8 Å². The lowest BCUT2D eigenvalue weighted by Crippen LogP contribution is -2.47. The van der Waals surface area contributed by atoms with Crippen molar-refractivity contribution in [2.75, 3.05) is 24.7 Å². The van der Waals surface area contributed by atoms with Gasteiger partial charge >= 0.3 is 12.1 Å². The van der Waals surface area contributed by atoms with Crippen molar-refractivity contribution in [2.24, 2.45) is 0 Å². The molecule has 0 aromatic heterocycles. The number of hydrogen-bond donors (Lipinski definition) is 3. The van der Waals surface area contributed by atoms with E-state index in [1.54, 1.807) is 6.92 Å². The van der Waals surface area contributed by atoms with Gasteiger partial charge in [-0.05, 0) is 28.7 Å². The molecule has 0 radical (unpaired) electrons. The van der Waals surface area contributed by atoms with Crippen molar-refractivity contribution < 1.29 is 24.2 Å². The van der Waals surface area contributed by atoms with E-state index < -0.39 is 18.1 Å². The number of hydrogen-bond acceptors (Lipinski definition) is 5. The van der Waals surface area contributed by atoms with Crippen molar-refractivity contribution >= 4 is 29.7 Å². The second-order valence-corrected chi connectivity index (χ2v) is 8.27. The van der Waals surface area contributed by atoms with Gasteiger partial charge in [0.15, 0.2) is 0 Å². The minimum Gasteiger partial charge on any atom is -0.481 e. The van der Waals surface area contributed by atoms with Gasteiger partial charge in [-0.15, -0.1) is 11.8 Å². The molecule has 0 aliphatic heterocycles. The van der Waals surface area contributed by atoms with Gasteiger partial charge in [-0.25, -0.2) is 4.79 Å². The second-order valence-electron chi connectivity index (χ2n) is 7.17. The smallest absolute Gasteiger partial charge is 0.407 e. The average Bonchev–Trinajstić information content (AvgIpc) is 3.09. The van der Waals surface area contributed by atoms with Crippen LogP contribution < -0.4 is 10.6 Å². The summed E-state index contributed by atoms with van der Waals surface area (Å²) < 4.78 is 5.49. The molecule has 31 heavy (non-hydrogen) atoms. The number of aliphatic carboxylic acids is 1. The maximum absolute atomic E-state index is 12.4. The maximum Gasteiger partial charge on any atom is 0.407 e. The number of carboxylic acid groups (broad SMARTS) is 1. The van der Waals surface area contributed by atoms with Crippen LogP contribution in [0.3, 0.4) is 0 Å². The van der Waals surface area contributed by atoms with E-state index in [0.29, 0.717) is 18.7 Å². The van der Waals surface area contributed by atoms with Gasteiger partial charge in [-0.3, -0.25) is 9.59 Å². The molecule has 3 rings (SSSR count). The molecule has 1 aliphatic carbocycles. The Hall–Kier alpha value is -3.00. The third-order valence-corrected chi connectivity index (χ3v) is 6.08. The fourth-order valence-corrected chi connectivity index (χ4v) is 4.23. The molecule has 3 N–H and O–H groups in total. The van der Waals surface area contributed by atoms with E-state index in [0.717, 1.165) is 22.3 Å². The third-order valence-electron chi connectivity index (χ3n) is 5.13. The van der Waals surface area contributed by atoms with Crippen LogP contribution in [0.4, 0.5) is 4.79 Å². The summed E-state index contributed by atoms with van der Waals surface area (Å²) in [5.41, 5.74) is 4.55. The molecule has 164 valence electrons. The highest BCUT2D eigenvalue weighted by atomic mass is 32.2. The molecule has 2 aromatic rings. The van der Waals surface area contributed by atoms with Gasteiger partial charge in [0.1, 0.15) is 12.6 Å². The first-order valence-corrected chi connectivity index (χ1v) is 11.4. The first kappa shape index (κ1) is 22.7.